The fourth-order valence-electron chi connectivity index (χ4n) is 1.20. The maximum absolute atomic E-state index is 11.5. The quantitative estimate of drug-likeness (QED) is 0.620. The minimum atomic E-state index is 0.0612. The van der Waals surface area contributed by atoms with Gasteiger partial charge in [-0.1, -0.05) is 22.0 Å². The second-order valence-corrected chi connectivity index (χ2v) is 5.41. The van der Waals surface area contributed by atoms with Crippen LogP contribution in [0.1, 0.15) is 6.42 Å². The molecule has 0 aliphatic carbocycles. The van der Waals surface area contributed by atoms with Gasteiger partial charge in [-0.2, -0.15) is 0 Å². The molecule has 0 fully saturated rings. The Morgan fingerprint density at radius 2 is 2.35 bits per heavy atom. The van der Waals surface area contributed by atoms with Crippen LogP contribution in [0.25, 0.3) is 0 Å². The minimum absolute atomic E-state index is 0.0612. The summed E-state index contributed by atoms with van der Waals surface area (Å²) in [6.07, 6.45) is 0.851. The SMILES string of the molecule is COCCCNC(=O)CSc1cccc(Br)c1. The van der Waals surface area contributed by atoms with Crippen molar-refractivity contribution in [2.75, 3.05) is 26.0 Å². The number of hydrogen-bond donors (Lipinski definition) is 1. The number of carbonyl (C=O) groups excluding carboxylic acids is 1. The highest BCUT2D eigenvalue weighted by Gasteiger charge is 2.02. The summed E-state index contributed by atoms with van der Waals surface area (Å²) in [6, 6.07) is 7.92. The highest BCUT2D eigenvalue weighted by Crippen LogP contribution is 2.21. The third-order valence-corrected chi connectivity index (χ3v) is 3.50. The molecule has 0 saturated carbocycles. The predicted octanol–water partition coefficient (Wildman–Crippen LogP) is 2.69. The van der Waals surface area contributed by atoms with E-state index in [-0.39, 0.29) is 5.91 Å². The van der Waals surface area contributed by atoms with Crippen LogP contribution < -0.4 is 5.32 Å². The van der Waals surface area contributed by atoms with Gasteiger partial charge >= 0.3 is 0 Å². The molecule has 0 bridgehead atoms. The molecule has 1 aromatic carbocycles. The maximum Gasteiger partial charge on any atom is 0.230 e. The van der Waals surface area contributed by atoms with Crippen molar-refractivity contribution in [2.24, 2.45) is 0 Å². The second-order valence-electron chi connectivity index (χ2n) is 3.44. The Labute approximate surface area is 114 Å². The first-order valence-corrected chi connectivity index (χ1v) is 7.14. The Morgan fingerprint density at radius 1 is 1.53 bits per heavy atom. The van der Waals surface area contributed by atoms with E-state index in [2.05, 4.69) is 21.2 Å². The molecule has 94 valence electrons. The molecule has 0 aliphatic rings. The van der Waals surface area contributed by atoms with Gasteiger partial charge in [-0.3, -0.25) is 4.79 Å². The second kappa shape index (κ2) is 8.55. The topological polar surface area (TPSA) is 38.3 Å². The molecule has 1 amide bonds. The Kier molecular flexibility index (Phi) is 7.32. The van der Waals surface area contributed by atoms with Crippen molar-refractivity contribution in [2.45, 2.75) is 11.3 Å². The molecule has 1 aromatic rings. The number of hydrogen-bond acceptors (Lipinski definition) is 3. The lowest BCUT2D eigenvalue weighted by atomic mass is 10.4. The van der Waals surface area contributed by atoms with Crippen LogP contribution in [0, 0.1) is 0 Å². The summed E-state index contributed by atoms with van der Waals surface area (Å²) in [4.78, 5) is 12.6. The minimum Gasteiger partial charge on any atom is -0.385 e. The van der Waals surface area contributed by atoms with Crippen molar-refractivity contribution in [3.05, 3.63) is 28.7 Å². The van der Waals surface area contributed by atoms with Gasteiger partial charge in [0.2, 0.25) is 5.91 Å². The summed E-state index contributed by atoms with van der Waals surface area (Å²) in [7, 11) is 1.66. The fourth-order valence-corrected chi connectivity index (χ4v) is 2.54. The van der Waals surface area contributed by atoms with E-state index in [9.17, 15) is 4.79 Å². The molecule has 1 rings (SSSR count). The van der Waals surface area contributed by atoms with Crippen molar-refractivity contribution in [3.63, 3.8) is 0 Å². The van der Waals surface area contributed by atoms with Crippen LogP contribution in [0.5, 0.6) is 0 Å². The summed E-state index contributed by atoms with van der Waals surface area (Å²) in [5, 5.41) is 2.85. The van der Waals surface area contributed by atoms with E-state index in [4.69, 9.17) is 4.74 Å². The largest absolute Gasteiger partial charge is 0.385 e. The number of ether oxygens (including phenoxy) is 1. The van der Waals surface area contributed by atoms with E-state index in [1.54, 1.807) is 7.11 Å². The van der Waals surface area contributed by atoms with Crippen molar-refractivity contribution in [1.82, 2.24) is 5.32 Å². The Morgan fingerprint density at radius 3 is 3.06 bits per heavy atom. The van der Waals surface area contributed by atoms with Gasteiger partial charge in [0.25, 0.3) is 0 Å². The van der Waals surface area contributed by atoms with Gasteiger partial charge in [-0.05, 0) is 24.6 Å². The number of thioether (sulfide) groups is 1. The van der Waals surface area contributed by atoms with Gasteiger partial charge < -0.3 is 10.1 Å². The zero-order valence-electron chi connectivity index (χ0n) is 9.74. The lowest BCUT2D eigenvalue weighted by Crippen LogP contribution is -2.26. The van der Waals surface area contributed by atoms with Crippen LogP contribution in [0.2, 0.25) is 0 Å². The number of benzene rings is 1. The Balaban J connectivity index is 2.19. The smallest absolute Gasteiger partial charge is 0.230 e. The van der Waals surface area contributed by atoms with Gasteiger partial charge in [-0.15, -0.1) is 11.8 Å². The molecule has 1 N–H and O–H groups in total. The van der Waals surface area contributed by atoms with Gasteiger partial charge in [0, 0.05) is 29.6 Å². The van der Waals surface area contributed by atoms with Gasteiger partial charge in [0.15, 0.2) is 0 Å². The normalized spacial score (nSPS) is 10.2. The summed E-state index contributed by atoms with van der Waals surface area (Å²) in [5.74, 6) is 0.509. The molecular formula is C12H16BrNO2S. The molecule has 0 radical (unpaired) electrons. The van der Waals surface area contributed by atoms with E-state index in [0.717, 1.165) is 15.8 Å². The highest BCUT2D eigenvalue weighted by atomic mass is 79.9. The Hall–Kier alpha value is -0.520. The molecule has 0 atom stereocenters. The lowest BCUT2D eigenvalue weighted by Gasteiger charge is -2.05. The van der Waals surface area contributed by atoms with Crippen LogP contribution in [-0.2, 0) is 9.53 Å². The number of methoxy groups -OCH3 is 1. The lowest BCUT2D eigenvalue weighted by molar-refractivity contribution is -0.118. The number of nitrogens with one attached hydrogen (secondary N) is 1. The molecular weight excluding hydrogens is 302 g/mol. The average molecular weight is 318 g/mol. The molecule has 5 heteroatoms. The van der Waals surface area contributed by atoms with Gasteiger partial charge in [0.05, 0.1) is 5.75 Å². The highest BCUT2D eigenvalue weighted by molar-refractivity contribution is 9.10. The molecule has 0 aliphatic heterocycles. The molecule has 0 saturated heterocycles. The number of halogens is 1. The van der Waals surface area contributed by atoms with Crippen molar-refractivity contribution >= 4 is 33.6 Å². The summed E-state index contributed by atoms with van der Waals surface area (Å²) in [5.41, 5.74) is 0. The fraction of sp³-hybridized carbons (Fsp3) is 0.417. The molecule has 17 heavy (non-hydrogen) atoms. The van der Waals surface area contributed by atoms with E-state index in [1.807, 2.05) is 24.3 Å². The standard InChI is InChI=1S/C12H16BrNO2S/c1-16-7-3-6-14-12(15)9-17-11-5-2-4-10(13)8-11/h2,4-5,8H,3,6-7,9H2,1H3,(H,14,15). The molecule has 0 spiro atoms. The first kappa shape index (κ1) is 14.5. The zero-order valence-corrected chi connectivity index (χ0v) is 12.1. The summed E-state index contributed by atoms with van der Waals surface area (Å²) < 4.78 is 5.93. The van der Waals surface area contributed by atoms with E-state index in [0.29, 0.717) is 18.9 Å². The van der Waals surface area contributed by atoms with Crippen LogP contribution in [0.15, 0.2) is 33.6 Å². The van der Waals surface area contributed by atoms with Crippen molar-refractivity contribution < 1.29 is 9.53 Å². The average Bonchev–Trinajstić information content (AvgIpc) is 2.32. The van der Waals surface area contributed by atoms with Crippen LogP contribution in [0.4, 0.5) is 0 Å². The maximum atomic E-state index is 11.5. The first-order valence-electron chi connectivity index (χ1n) is 5.36. The zero-order chi connectivity index (χ0) is 12.5. The Bertz CT molecular complexity index is 360. The van der Waals surface area contributed by atoms with Crippen molar-refractivity contribution in [1.29, 1.82) is 0 Å². The summed E-state index contributed by atoms with van der Waals surface area (Å²) >= 11 is 4.93. The molecule has 3 nitrogen and oxygen atoms in total. The van der Waals surface area contributed by atoms with E-state index in [1.165, 1.54) is 11.8 Å². The van der Waals surface area contributed by atoms with E-state index >= 15 is 0 Å². The van der Waals surface area contributed by atoms with Gasteiger partial charge in [0.1, 0.15) is 0 Å². The summed E-state index contributed by atoms with van der Waals surface area (Å²) in [6.45, 7) is 1.35. The number of carbonyl (C=O) groups is 1. The van der Waals surface area contributed by atoms with Crippen molar-refractivity contribution in [3.8, 4) is 0 Å². The molecule has 0 aromatic heterocycles. The van der Waals surface area contributed by atoms with Gasteiger partial charge in [-0.25, -0.2) is 0 Å². The predicted molar refractivity (Wildman–Crippen MR) is 74.4 cm³/mol. The third kappa shape index (κ3) is 6.71. The van der Waals surface area contributed by atoms with E-state index < -0.39 is 0 Å². The molecule has 0 heterocycles. The monoisotopic (exact) mass is 317 g/mol. The number of rotatable bonds is 7. The van der Waals surface area contributed by atoms with Crippen LogP contribution in [0.3, 0.4) is 0 Å². The van der Waals surface area contributed by atoms with Crippen LogP contribution in [-0.4, -0.2) is 31.9 Å². The van der Waals surface area contributed by atoms with Crippen LogP contribution >= 0.6 is 27.7 Å². The first-order chi connectivity index (χ1) is 8.22. The third-order valence-electron chi connectivity index (χ3n) is 2.01. The molecule has 0 unspecified atom stereocenters. The number of amides is 1.